The van der Waals surface area contributed by atoms with Crippen LogP contribution in [0, 0.1) is 0 Å². The standard InChI is InChI=1S/2C19H39NO4.2C16H33NO3.C12H24O2.C4H11NO2/c1-3-4-5-6-7-8-9-10-11-12-19(23)20(13-15-21)14-16-24-17-18(2)22;1-3-4-5-6-7-8-9-10-11-12-19(23)24-16-14-20(13-15-21)17-18(2)22;1-2-3-4-5-6-7-8-9-10-11-16(19)20-15-13-17-12-14-18;1-2-3-4-5-6-7-8-9-10-11-16(20)17(12-14-18)13-15-19;1-2-3-4-5-6-7-8-9-10-11-12(13)14;6-3-1-5-2-4-7/h2*18,21-22H,3-17H2,1-2H3;17-18H,2-15H2,1H3;18-19H,2-15H2,1H3;2-11H2,1H3,(H,13,14);5-7H,1-4H2. The highest BCUT2D eigenvalue weighted by atomic mass is 16.5. The number of unbranched alkanes of at least 4 members (excludes halogenated alkanes) is 40. The van der Waals surface area contributed by atoms with Gasteiger partial charge >= 0.3 is 17.9 Å². The number of carboxylic acid groups (broad SMARTS) is 1. The maximum atomic E-state index is 12.2. The van der Waals surface area contributed by atoms with Crippen LogP contribution in [0.2, 0.25) is 0 Å². The predicted octanol–water partition coefficient (Wildman–Crippen LogP) is 14.6. The number of carbonyl (C=O) groups excluding carboxylic acids is 4. The van der Waals surface area contributed by atoms with Crippen molar-refractivity contribution in [2.45, 2.75) is 382 Å². The molecule has 12 N–H and O–H groups in total. The van der Waals surface area contributed by atoms with Crippen LogP contribution in [0.15, 0.2) is 0 Å². The molecule has 2 unspecified atom stereocenters. The van der Waals surface area contributed by atoms with E-state index in [9.17, 15) is 29.1 Å². The number of carboxylic acids is 1. The smallest absolute Gasteiger partial charge is 0.305 e. The number of rotatable bonds is 77. The first-order chi connectivity index (χ1) is 53.0. The molecule has 2 amide bonds. The summed E-state index contributed by atoms with van der Waals surface area (Å²) in [4.78, 5) is 62.4. The Balaban J connectivity index is -0.000000300. The minimum atomic E-state index is -0.659. The van der Waals surface area contributed by atoms with Crippen molar-refractivity contribution in [3.05, 3.63) is 0 Å². The number of aliphatic hydroxyl groups is 9. The van der Waals surface area contributed by atoms with Gasteiger partial charge in [0.2, 0.25) is 11.8 Å². The van der Waals surface area contributed by atoms with E-state index in [2.05, 4.69) is 45.3 Å². The van der Waals surface area contributed by atoms with Gasteiger partial charge in [-0.3, -0.25) is 28.9 Å². The molecule has 0 saturated carbocycles. The van der Waals surface area contributed by atoms with Crippen LogP contribution in [0.4, 0.5) is 0 Å². The fraction of sp³-hybridized carbons (Fsp3) is 0.942. The third-order valence-electron chi connectivity index (χ3n) is 18.1. The van der Waals surface area contributed by atoms with Crippen LogP contribution in [-0.2, 0) is 38.2 Å². The Bertz CT molecular complexity index is 1760. The van der Waals surface area contributed by atoms with Crippen molar-refractivity contribution in [3.63, 3.8) is 0 Å². The fourth-order valence-electron chi connectivity index (χ4n) is 11.7. The zero-order chi connectivity index (χ0) is 82.2. The average molecular weight is 1570 g/mol. The molecule has 0 aromatic carbocycles. The summed E-state index contributed by atoms with van der Waals surface area (Å²) in [6, 6.07) is 0. The van der Waals surface area contributed by atoms with Gasteiger partial charge in [-0.1, -0.05) is 291 Å². The Morgan fingerprint density at radius 3 is 0.862 bits per heavy atom. The predicted molar refractivity (Wildman–Crippen MR) is 448 cm³/mol. The van der Waals surface area contributed by atoms with Crippen molar-refractivity contribution in [1.29, 1.82) is 0 Å². The summed E-state index contributed by atoms with van der Waals surface area (Å²) in [6.45, 7) is 21.6. The molecule has 0 saturated heterocycles. The normalized spacial score (nSPS) is 11.3. The Kier molecular flexibility index (Phi) is 112. The largest absolute Gasteiger partial charge is 0.481 e. The lowest BCUT2D eigenvalue weighted by atomic mass is 10.1. The number of aliphatic hydroxyl groups excluding tert-OH is 9. The number of esters is 2. The van der Waals surface area contributed by atoms with E-state index < -0.39 is 18.2 Å². The number of ether oxygens (including phenoxy) is 3. The molecule has 0 heterocycles. The van der Waals surface area contributed by atoms with Crippen molar-refractivity contribution in [1.82, 2.24) is 25.3 Å². The Morgan fingerprint density at radius 2 is 0.578 bits per heavy atom. The molecule has 656 valence electrons. The molecule has 0 aliphatic rings. The van der Waals surface area contributed by atoms with Gasteiger partial charge in [0.05, 0.1) is 71.7 Å². The minimum Gasteiger partial charge on any atom is -0.481 e. The topological polar surface area (TPSA) is 349 Å². The maximum Gasteiger partial charge on any atom is 0.305 e. The number of nitrogens with one attached hydrogen (secondary N) is 2. The van der Waals surface area contributed by atoms with Crippen LogP contribution in [0.1, 0.15) is 370 Å². The van der Waals surface area contributed by atoms with Gasteiger partial charge in [-0.25, -0.2) is 0 Å². The molecule has 109 heavy (non-hydrogen) atoms. The van der Waals surface area contributed by atoms with E-state index >= 15 is 0 Å². The second-order valence-corrected chi connectivity index (χ2v) is 29.1. The number of nitrogens with zero attached hydrogens (tertiary/aromatic N) is 3. The second kappa shape index (κ2) is 105. The molecule has 0 aliphatic carbocycles. The van der Waals surface area contributed by atoms with Crippen LogP contribution in [0.5, 0.6) is 0 Å². The molecule has 0 bridgehead atoms. The van der Waals surface area contributed by atoms with E-state index in [1.54, 1.807) is 23.6 Å². The number of hydrogen-bond donors (Lipinski definition) is 12. The number of carbonyl (C=O) groups is 5. The van der Waals surface area contributed by atoms with Crippen molar-refractivity contribution in [3.8, 4) is 0 Å². The molecule has 0 aromatic rings. The Hall–Kier alpha value is -3.17. The van der Waals surface area contributed by atoms with E-state index in [4.69, 9.17) is 60.2 Å². The lowest BCUT2D eigenvalue weighted by Crippen LogP contribution is -2.36. The molecule has 0 aliphatic heterocycles. The molecule has 23 heteroatoms. The summed E-state index contributed by atoms with van der Waals surface area (Å²) in [6.07, 6.45) is 57.4. The summed E-state index contributed by atoms with van der Waals surface area (Å²) in [7, 11) is 0. The first kappa shape index (κ1) is 117. The third kappa shape index (κ3) is 111. The van der Waals surface area contributed by atoms with Gasteiger partial charge in [0.1, 0.15) is 13.2 Å². The Morgan fingerprint density at radius 1 is 0.303 bits per heavy atom. The van der Waals surface area contributed by atoms with Gasteiger partial charge in [-0.05, 0) is 46.0 Å². The molecule has 0 aromatic heterocycles. The second-order valence-electron chi connectivity index (χ2n) is 29.1. The van der Waals surface area contributed by atoms with Gasteiger partial charge in [0.25, 0.3) is 0 Å². The van der Waals surface area contributed by atoms with Crippen LogP contribution in [0.3, 0.4) is 0 Å². The first-order valence-electron chi connectivity index (χ1n) is 44.4. The van der Waals surface area contributed by atoms with Gasteiger partial charge in [0.15, 0.2) is 0 Å². The summed E-state index contributed by atoms with van der Waals surface area (Å²) >= 11 is 0. The zero-order valence-corrected chi connectivity index (χ0v) is 71.6. The van der Waals surface area contributed by atoms with Gasteiger partial charge in [0, 0.05) is 104 Å². The van der Waals surface area contributed by atoms with Crippen LogP contribution < -0.4 is 10.6 Å². The molecular formula is C86H179N5O18. The van der Waals surface area contributed by atoms with Gasteiger partial charge < -0.3 is 85.7 Å². The molecule has 0 fully saturated rings. The highest BCUT2D eigenvalue weighted by Gasteiger charge is 2.15. The van der Waals surface area contributed by atoms with Crippen LogP contribution >= 0.6 is 0 Å². The molecule has 0 rings (SSSR count). The van der Waals surface area contributed by atoms with E-state index in [-0.39, 0.29) is 76.6 Å². The van der Waals surface area contributed by atoms with Gasteiger partial charge in [-0.2, -0.15) is 0 Å². The summed E-state index contributed by atoms with van der Waals surface area (Å²) in [5.74, 6) is -0.755. The van der Waals surface area contributed by atoms with Crippen molar-refractivity contribution in [2.75, 3.05) is 145 Å². The summed E-state index contributed by atoms with van der Waals surface area (Å²) in [5.41, 5.74) is 0. The van der Waals surface area contributed by atoms with E-state index in [0.717, 1.165) is 64.2 Å². The summed E-state index contributed by atoms with van der Waals surface area (Å²) < 4.78 is 15.6. The van der Waals surface area contributed by atoms with E-state index in [0.29, 0.717) is 124 Å². The number of aliphatic carboxylic acids is 1. The van der Waals surface area contributed by atoms with E-state index in [1.807, 2.05) is 4.90 Å². The van der Waals surface area contributed by atoms with Crippen LogP contribution in [-0.4, -0.2) is 252 Å². The highest BCUT2D eigenvalue weighted by Crippen LogP contribution is 2.16. The van der Waals surface area contributed by atoms with Gasteiger partial charge in [-0.15, -0.1) is 0 Å². The molecule has 2 atom stereocenters. The third-order valence-corrected chi connectivity index (χ3v) is 18.1. The lowest BCUT2D eigenvalue weighted by Gasteiger charge is -2.22. The zero-order valence-electron chi connectivity index (χ0n) is 71.6. The minimum absolute atomic E-state index is 0.0279. The fourth-order valence-corrected chi connectivity index (χ4v) is 11.7. The lowest BCUT2D eigenvalue weighted by molar-refractivity contribution is -0.145. The maximum absolute atomic E-state index is 12.2. The summed E-state index contributed by atoms with van der Waals surface area (Å²) in [5, 5.41) is 93.3. The average Bonchev–Trinajstić information content (AvgIpc) is 0.982. The van der Waals surface area contributed by atoms with Crippen molar-refractivity contribution < 1.29 is 89.2 Å². The van der Waals surface area contributed by atoms with Crippen LogP contribution in [0.25, 0.3) is 0 Å². The van der Waals surface area contributed by atoms with Crippen molar-refractivity contribution >= 4 is 29.7 Å². The number of amides is 2. The number of hydrogen-bond acceptors (Lipinski definition) is 20. The SMILES string of the molecule is CCCCCCCCCCCC(=O)N(CCO)CCO.CCCCCCCCCCCC(=O)N(CCO)CCOCC(C)O.CCCCCCCCCCCC(=O)O.CCCCCCCCCCCC(=O)OCCN(CCO)CC(C)O.CCCCCCCCCCCC(=O)OCCNCCO.OCCNCCO. The van der Waals surface area contributed by atoms with Crippen molar-refractivity contribution in [2.24, 2.45) is 0 Å². The Labute approximate surface area is 667 Å². The quantitative estimate of drug-likeness (QED) is 0.0199. The molecule has 0 spiro atoms. The highest BCUT2D eigenvalue weighted by molar-refractivity contribution is 5.76. The monoisotopic (exact) mass is 1570 g/mol. The molecule has 23 nitrogen and oxygen atoms in total. The molecular weight excluding hydrogens is 1390 g/mol. The molecule has 0 radical (unpaired) electrons. The first-order valence-corrected chi connectivity index (χ1v) is 44.4. The van der Waals surface area contributed by atoms with E-state index in [1.165, 1.54) is 225 Å².